The van der Waals surface area contributed by atoms with Crippen LogP contribution in [0.25, 0.3) is 11.1 Å². The summed E-state index contributed by atoms with van der Waals surface area (Å²) < 4.78 is 5.60. The van der Waals surface area contributed by atoms with Crippen molar-refractivity contribution < 1.29 is 24.2 Å². The molecule has 0 aromatic heterocycles. The Kier molecular flexibility index (Phi) is 6.61. The van der Waals surface area contributed by atoms with E-state index in [0.29, 0.717) is 25.8 Å². The van der Waals surface area contributed by atoms with Gasteiger partial charge in [-0.3, -0.25) is 4.79 Å². The van der Waals surface area contributed by atoms with Gasteiger partial charge in [0, 0.05) is 13.0 Å². The molecule has 2 aliphatic carbocycles. The Hall–Kier alpha value is -3.39. The number of benzene rings is 2. The Bertz CT molecular complexity index is 1050. The minimum Gasteiger partial charge on any atom is -0.479 e. The van der Waals surface area contributed by atoms with Gasteiger partial charge in [-0.15, -0.1) is 0 Å². The van der Waals surface area contributed by atoms with Crippen molar-refractivity contribution in [2.75, 3.05) is 34.3 Å². The van der Waals surface area contributed by atoms with Crippen molar-refractivity contribution in [2.24, 2.45) is 0 Å². The Balaban J connectivity index is 1.44. The zero-order valence-electron chi connectivity index (χ0n) is 19.8. The standard InChI is InChI=1S/C26H31N3O5/c1-28(2)15-12-22(23(30)29(3)26(13-14-26)24(31)32)27-25(33)34-16-21-19-10-6-4-8-17(19)18-9-5-7-11-20(18)21/h4-11,21-22H,12-16H2,1-3H3,(H,27,33)(H,31,32). The zero-order valence-corrected chi connectivity index (χ0v) is 19.8. The third-order valence-electron chi connectivity index (χ3n) is 6.89. The van der Waals surface area contributed by atoms with Crippen LogP contribution < -0.4 is 5.32 Å². The van der Waals surface area contributed by atoms with Gasteiger partial charge in [0.05, 0.1) is 0 Å². The number of rotatable bonds is 9. The van der Waals surface area contributed by atoms with E-state index in [2.05, 4.69) is 17.4 Å². The van der Waals surface area contributed by atoms with Crippen molar-refractivity contribution in [3.63, 3.8) is 0 Å². The van der Waals surface area contributed by atoms with Gasteiger partial charge in [0.1, 0.15) is 18.2 Å². The first-order valence-electron chi connectivity index (χ1n) is 11.5. The molecule has 1 atom stereocenters. The fourth-order valence-corrected chi connectivity index (χ4v) is 4.68. The second kappa shape index (κ2) is 9.46. The third kappa shape index (κ3) is 4.50. The molecule has 2 aliphatic rings. The van der Waals surface area contributed by atoms with Gasteiger partial charge < -0.3 is 25.0 Å². The lowest BCUT2D eigenvalue weighted by Crippen LogP contribution is -2.54. The number of carbonyl (C=O) groups excluding carboxylic acids is 2. The molecule has 34 heavy (non-hydrogen) atoms. The molecule has 0 saturated heterocycles. The molecule has 8 nitrogen and oxygen atoms in total. The van der Waals surface area contributed by atoms with E-state index in [1.54, 1.807) is 0 Å². The van der Waals surface area contributed by atoms with Gasteiger partial charge in [0.2, 0.25) is 5.91 Å². The number of carboxylic acids is 1. The average molecular weight is 466 g/mol. The predicted octanol–water partition coefficient (Wildman–Crippen LogP) is 2.92. The Labute approximate surface area is 199 Å². The van der Waals surface area contributed by atoms with Gasteiger partial charge in [0.15, 0.2) is 0 Å². The lowest BCUT2D eigenvalue weighted by molar-refractivity contribution is -0.151. The van der Waals surface area contributed by atoms with Crippen molar-refractivity contribution in [2.45, 2.75) is 36.8 Å². The van der Waals surface area contributed by atoms with E-state index in [1.807, 2.05) is 55.4 Å². The van der Waals surface area contributed by atoms with E-state index < -0.39 is 29.6 Å². The van der Waals surface area contributed by atoms with Crippen LogP contribution in [0.1, 0.15) is 36.3 Å². The molecule has 0 bridgehead atoms. The van der Waals surface area contributed by atoms with Crippen LogP contribution in [0.15, 0.2) is 48.5 Å². The molecule has 2 aromatic carbocycles. The van der Waals surface area contributed by atoms with Gasteiger partial charge >= 0.3 is 12.1 Å². The van der Waals surface area contributed by atoms with Crippen molar-refractivity contribution in [3.8, 4) is 11.1 Å². The summed E-state index contributed by atoms with van der Waals surface area (Å²) in [6.07, 6.45) is 0.481. The highest BCUT2D eigenvalue weighted by Gasteiger charge is 2.56. The number of nitrogens with one attached hydrogen (secondary N) is 1. The molecule has 2 aromatic rings. The highest BCUT2D eigenvalue weighted by atomic mass is 16.5. The number of alkyl carbamates (subject to hydrolysis) is 1. The number of hydrogen-bond acceptors (Lipinski definition) is 5. The summed E-state index contributed by atoms with van der Waals surface area (Å²) in [4.78, 5) is 40.8. The zero-order chi connectivity index (χ0) is 24.5. The summed E-state index contributed by atoms with van der Waals surface area (Å²) >= 11 is 0. The third-order valence-corrected chi connectivity index (χ3v) is 6.89. The number of hydrogen-bond donors (Lipinski definition) is 2. The van der Waals surface area contributed by atoms with Crippen LogP contribution in [-0.2, 0) is 14.3 Å². The number of amides is 2. The van der Waals surface area contributed by atoms with E-state index in [0.717, 1.165) is 22.3 Å². The second-order valence-corrected chi connectivity index (χ2v) is 9.35. The summed E-state index contributed by atoms with van der Waals surface area (Å²) in [5.74, 6) is -1.52. The summed E-state index contributed by atoms with van der Waals surface area (Å²) in [6, 6.07) is 15.3. The maximum Gasteiger partial charge on any atom is 0.407 e. The summed E-state index contributed by atoms with van der Waals surface area (Å²) in [5, 5.41) is 12.2. The van der Waals surface area contributed by atoms with Crippen LogP contribution in [0.3, 0.4) is 0 Å². The van der Waals surface area contributed by atoms with Gasteiger partial charge in [-0.1, -0.05) is 48.5 Å². The predicted molar refractivity (Wildman–Crippen MR) is 128 cm³/mol. The number of aliphatic carboxylic acids is 1. The first-order chi connectivity index (χ1) is 16.2. The van der Waals surface area contributed by atoms with Gasteiger partial charge in [-0.25, -0.2) is 9.59 Å². The average Bonchev–Trinajstić information content (AvgIpc) is 3.58. The van der Waals surface area contributed by atoms with Crippen molar-refractivity contribution in [1.82, 2.24) is 15.1 Å². The van der Waals surface area contributed by atoms with E-state index in [-0.39, 0.29) is 12.5 Å². The lowest BCUT2D eigenvalue weighted by atomic mass is 9.98. The summed E-state index contributed by atoms with van der Waals surface area (Å²) in [7, 11) is 5.24. The summed E-state index contributed by atoms with van der Waals surface area (Å²) in [6.45, 7) is 0.692. The highest BCUT2D eigenvalue weighted by molar-refractivity contribution is 5.93. The molecule has 1 fully saturated rings. The monoisotopic (exact) mass is 465 g/mol. The largest absolute Gasteiger partial charge is 0.479 e. The van der Waals surface area contributed by atoms with Gasteiger partial charge in [-0.2, -0.15) is 0 Å². The SMILES string of the molecule is CN(C)CCC(NC(=O)OCC1c2ccccc2-c2ccccc21)C(=O)N(C)C1(C(=O)O)CC1. The maximum absolute atomic E-state index is 13.1. The molecule has 0 spiro atoms. The van der Waals surface area contributed by atoms with Crippen molar-refractivity contribution in [3.05, 3.63) is 59.7 Å². The van der Waals surface area contributed by atoms with E-state index in [1.165, 1.54) is 11.9 Å². The van der Waals surface area contributed by atoms with E-state index >= 15 is 0 Å². The number of fused-ring (bicyclic) bond motifs is 3. The van der Waals surface area contributed by atoms with Gasteiger partial charge in [-0.05, 0) is 62.2 Å². The maximum atomic E-state index is 13.1. The molecule has 4 rings (SSSR count). The molecule has 0 heterocycles. The summed E-state index contributed by atoms with van der Waals surface area (Å²) in [5.41, 5.74) is 3.31. The molecule has 2 N–H and O–H groups in total. The van der Waals surface area contributed by atoms with E-state index in [4.69, 9.17) is 4.74 Å². The molecule has 8 heteroatoms. The molecular formula is C26H31N3O5. The van der Waals surface area contributed by atoms with Gasteiger partial charge in [0.25, 0.3) is 0 Å². The first-order valence-corrected chi connectivity index (χ1v) is 11.5. The fourth-order valence-electron chi connectivity index (χ4n) is 4.68. The molecule has 0 radical (unpaired) electrons. The van der Waals surface area contributed by atoms with Crippen LogP contribution in [0.2, 0.25) is 0 Å². The molecular weight excluding hydrogens is 434 g/mol. The number of ether oxygens (including phenoxy) is 1. The normalized spacial score (nSPS) is 16.4. The van der Waals surface area contributed by atoms with Crippen molar-refractivity contribution in [1.29, 1.82) is 0 Å². The fraction of sp³-hybridized carbons (Fsp3) is 0.423. The lowest BCUT2D eigenvalue weighted by Gasteiger charge is -2.29. The van der Waals surface area contributed by atoms with Crippen molar-refractivity contribution >= 4 is 18.0 Å². The van der Waals surface area contributed by atoms with Crippen LogP contribution >= 0.6 is 0 Å². The molecule has 1 saturated carbocycles. The minimum atomic E-state index is -1.17. The van der Waals surface area contributed by atoms with Crippen LogP contribution in [0, 0.1) is 0 Å². The van der Waals surface area contributed by atoms with Crippen LogP contribution in [0.4, 0.5) is 4.79 Å². The Morgan fingerprint density at radius 2 is 1.59 bits per heavy atom. The topological polar surface area (TPSA) is 99.2 Å². The minimum absolute atomic E-state index is 0.0847. The second-order valence-electron chi connectivity index (χ2n) is 9.35. The molecule has 2 amide bonds. The number of likely N-dealkylation sites (N-methyl/N-ethyl adjacent to an activating group) is 1. The van der Waals surface area contributed by atoms with Crippen LogP contribution in [0.5, 0.6) is 0 Å². The quantitative estimate of drug-likeness (QED) is 0.591. The van der Waals surface area contributed by atoms with E-state index in [9.17, 15) is 19.5 Å². The number of carbonyl (C=O) groups is 3. The number of carboxylic acid groups (broad SMARTS) is 1. The molecule has 180 valence electrons. The number of nitrogens with zero attached hydrogens (tertiary/aromatic N) is 2. The Morgan fingerprint density at radius 3 is 2.09 bits per heavy atom. The highest BCUT2D eigenvalue weighted by Crippen LogP contribution is 2.44. The smallest absolute Gasteiger partial charge is 0.407 e. The Morgan fingerprint density at radius 1 is 1.03 bits per heavy atom. The molecule has 0 aliphatic heterocycles. The molecule has 1 unspecified atom stereocenters. The first kappa shape index (κ1) is 23.8. The van der Waals surface area contributed by atoms with Crippen LogP contribution in [-0.4, -0.2) is 78.8 Å².